The quantitative estimate of drug-likeness (QED) is 0.405. The molecular weight excluding hydrogens is 427 g/mol. The summed E-state index contributed by atoms with van der Waals surface area (Å²) in [6.07, 6.45) is 0.993. The van der Waals surface area contributed by atoms with Gasteiger partial charge in [0.1, 0.15) is 0 Å². The van der Waals surface area contributed by atoms with E-state index in [9.17, 15) is 13.2 Å². The van der Waals surface area contributed by atoms with Crippen molar-refractivity contribution in [2.75, 3.05) is 11.9 Å². The number of aromatic nitrogens is 3. The molecule has 1 atom stereocenters. The summed E-state index contributed by atoms with van der Waals surface area (Å²) >= 11 is 0. The Kier molecular flexibility index (Phi) is 6.65. The highest BCUT2D eigenvalue weighted by molar-refractivity contribution is 5.81. The molecule has 8 heteroatoms. The molecule has 168 valence electrons. The van der Waals surface area contributed by atoms with Gasteiger partial charge in [-0.05, 0) is 41.8 Å². The average Bonchev–Trinajstić information content (AvgIpc) is 2.83. The molecule has 4 rings (SSSR count). The monoisotopic (exact) mass is 449 g/mol. The molecule has 0 amide bonds. The molecule has 3 N–H and O–H groups in total. The van der Waals surface area contributed by atoms with Gasteiger partial charge in [0.2, 0.25) is 5.95 Å². The van der Waals surface area contributed by atoms with Gasteiger partial charge in [0, 0.05) is 42.3 Å². The van der Waals surface area contributed by atoms with Gasteiger partial charge in [-0.2, -0.15) is 13.2 Å². The van der Waals surface area contributed by atoms with Crippen molar-refractivity contribution >= 4 is 5.95 Å². The Hall–Kier alpha value is -3.78. The van der Waals surface area contributed by atoms with E-state index in [0.717, 1.165) is 23.3 Å². The number of anilines is 1. The number of benzene rings is 2. The van der Waals surface area contributed by atoms with E-state index in [1.165, 1.54) is 12.3 Å². The number of hydrogen-bond donors (Lipinski definition) is 2. The van der Waals surface area contributed by atoms with Gasteiger partial charge in [0.25, 0.3) is 0 Å². The number of alkyl halides is 3. The molecular formula is C25H22F3N5. The Morgan fingerprint density at radius 3 is 2.39 bits per heavy atom. The van der Waals surface area contributed by atoms with E-state index < -0.39 is 11.7 Å². The molecule has 2 heterocycles. The summed E-state index contributed by atoms with van der Waals surface area (Å²) in [7, 11) is 0. The first kappa shape index (κ1) is 22.4. The van der Waals surface area contributed by atoms with Crippen LogP contribution >= 0.6 is 0 Å². The third-order valence-corrected chi connectivity index (χ3v) is 5.11. The van der Waals surface area contributed by atoms with Gasteiger partial charge in [-0.25, -0.2) is 9.97 Å². The Balaban J connectivity index is 1.61. The molecule has 0 aliphatic rings. The van der Waals surface area contributed by atoms with Crippen LogP contribution in [0.5, 0.6) is 0 Å². The maximum absolute atomic E-state index is 13.2. The third-order valence-electron chi connectivity index (χ3n) is 5.11. The number of hydrogen-bond acceptors (Lipinski definition) is 5. The van der Waals surface area contributed by atoms with Gasteiger partial charge >= 0.3 is 6.18 Å². The van der Waals surface area contributed by atoms with Gasteiger partial charge in [-0.1, -0.05) is 42.5 Å². The van der Waals surface area contributed by atoms with Crippen LogP contribution in [0, 0.1) is 0 Å². The smallest absolute Gasteiger partial charge is 0.353 e. The number of nitrogens with zero attached hydrogens (tertiary/aromatic N) is 3. The Bertz CT molecular complexity index is 1200. The zero-order valence-corrected chi connectivity index (χ0v) is 17.6. The van der Waals surface area contributed by atoms with Crippen molar-refractivity contribution in [1.29, 1.82) is 0 Å². The largest absolute Gasteiger partial charge is 0.416 e. The lowest BCUT2D eigenvalue weighted by Crippen LogP contribution is -2.31. The lowest BCUT2D eigenvalue weighted by molar-refractivity contribution is -0.137. The molecule has 4 aromatic rings. The normalized spacial score (nSPS) is 12.4. The van der Waals surface area contributed by atoms with Crippen LogP contribution in [0.25, 0.3) is 22.4 Å². The lowest BCUT2D eigenvalue weighted by atomic mass is 9.99. The first-order chi connectivity index (χ1) is 15.9. The Labute approximate surface area is 189 Å². The van der Waals surface area contributed by atoms with E-state index in [1.807, 2.05) is 30.3 Å². The van der Waals surface area contributed by atoms with Gasteiger partial charge in [-0.15, -0.1) is 0 Å². The summed E-state index contributed by atoms with van der Waals surface area (Å²) in [6, 6.07) is 18.4. The summed E-state index contributed by atoms with van der Waals surface area (Å²) in [4.78, 5) is 13.0. The standard InChI is InChI=1S/C25H22F3N5/c26-25(27,28)20-8-4-7-19(14-20)22-16-32-24(33-23(22)18-9-11-30-12-10-18)31-15-21(29)13-17-5-2-1-3-6-17/h1-12,14,16,21H,13,15,29H2,(H,31,32,33)/t21-/m1/s1. The highest BCUT2D eigenvalue weighted by atomic mass is 19.4. The maximum Gasteiger partial charge on any atom is 0.416 e. The van der Waals surface area contributed by atoms with Crippen LogP contribution in [0.2, 0.25) is 0 Å². The van der Waals surface area contributed by atoms with E-state index in [4.69, 9.17) is 5.73 Å². The minimum absolute atomic E-state index is 0.163. The summed E-state index contributed by atoms with van der Waals surface area (Å²) in [5.74, 6) is 0.348. The van der Waals surface area contributed by atoms with Crippen LogP contribution in [0.15, 0.2) is 85.3 Å². The summed E-state index contributed by atoms with van der Waals surface area (Å²) in [5.41, 5.74) is 8.75. The molecule has 0 spiro atoms. The fourth-order valence-corrected chi connectivity index (χ4v) is 3.48. The van der Waals surface area contributed by atoms with Gasteiger partial charge in [0.05, 0.1) is 11.3 Å². The topological polar surface area (TPSA) is 76.7 Å². The fraction of sp³-hybridized carbons (Fsp3) is 0.160. The highest BCUT2D eigenvalue weighted by Crippen LogP contribution is 2.35. The maximum atomic E-state index is 13.2. The van der Waals surface area contributed by atoms with Gasteiger partial charge in [-0.3, -0.25) is 4.98 Å². The Morgan fingerprint density at radius 2 is 1.67 bits per heavy atom. The molecule has 0 unspecified atom stereocenters. The van der Waals surface area contributed by atoms with Crippen LogP contribution in [0.4, 0.5) is 19.1 Å². The SMILES string of the molecule is N[C@@H](CNc1ncc(-c2cccc(C(F)(F)F)c2)c(-c2ccncc2)n1)Cc1ccccc1. The van der Waals surface area contributed by atoms with Crippen molar-refractivity contribution in [1.82, 2.24) is 15.0 Å². The highest BCUT2D eigenvalue weighted by Gasteiger charge is 2.30. The van der Waals surface area contributed by atoms with Crippen molar-refractivity contribution < 1.29 is 13.2 Å². The van der Waals surface area contributed by atoms with Crippen molar-refractivity contribution in [3.63, 3.8) is 0 Å². The van der Waals surface area contributed by atoms with Crippen LogP contribution in [0.1, 0.15) is 11.1 Å². The van der Waals surface area contributed by atoms with Crippen molar-refractivity contribution in [3.05, 3.63) is 96.4 Å². The molecule has 0 fully saturated rings. The van der Waals surface area contributed by atoms with Crippen molar-refractivity contribution in [2.45, 2.75) is 18.6 Å². The lowest BCUT2D eigenvalue weighted by Gasteiger charge is -2.15. The second-order valence-electron chi connectivity index (χ2n) is 7.60. The summed E-state index contributed by atoms with van der Waals surface area (Å²) < 4.78 is 39.7. The molecule has 0 saturated carbocycles. The Morgan fingerprint density at radius 1 is 0.909 bits per heavy atom. The van der Waals surface area contributed by atoms with Crippen molar-refractivity contribution in [2.24, 2.45) is 5.73 Å². The number of nitrogens with one attached hydrogen (secondary N) is 1. The van der Waals surface area contributed by atoms with Crippen LogP contribution in [-0.4, -0.2) is 27.5 Å². The molecule has 0 aliphatic heterocycles. The number of pyridine rings is 1. The molecule has 2 aromatic carbocycles. The minimum Gasteiger partial charge on any atom is -0.353 e. The minimum atomic E-state index is -4.44. The van der Waals surface area contributed by atoms with Crippen molar-refractivity contribution in [3.8, 4) is 22.4 Å². The molecule has 0 saturated heterocycles. The zero-order chi connectivity index (χ0) is 23.3. The molecule has 33 heavy (non-hydrogen) atoms. The van der Waals surface area contributed by atoms with Crippen LogP contribution in [0.3, 0.4) is 0 Å². The zero-order valence-electron chi connectivity index (χ0n) is 17.6. The first-order valence-electron chi connectivity index (χ1n) is 10.4. The van der Waals surface area contributed by atoms with E-state index in [2.05, 4.69) is 20.3 Å². The first-order valence-corrected chi connectivity index (χ1v) is 10.4. The van der Waals surface area contributed by atoms with E-state index >= 15 is 0 Å². The average molecular weight is 449 g/mol. The molecule has 0 bridgehead atoms. The second-order valence-corrected chi connectivity index (χ2v) is 7.60. The molecule has 0 radical (unpaired) electrons. The summed E-state index contributed by atoms with van der Waals surface area (Å²) in [5, 5.41) is 3.15. The van der Waals surface area contributed by atoms with E-state index in [1.54, 1.807) is 30.6 Å². The third kappa shape index (κ3) is 5.72. The van der Waals surface area contributed by atoms with Crippen LogP contribution in [-0.2, 0) is 12.6 Å². The molecule has 2 aromatic heterocycles. The molecule has 0 aliphatic carbocycles. The second kappa shape index (κ2) is 9.79. The van der Waals surface area contributed by atoms with Gasteiger partial charge in [0.15, 0.2) is 0 Å². The number of nitrogens with two attached hydrogens (primary N) is 1. The number of rotatable bonds is 7. The molecule has 5 nitrogen and oxygen atoms in total. The van der Waals surface area contributed by atoms with E-state index in [0.29, 0.717) is 35.7 Å². The predicted molar refractivity (Wildman–Crippen MR) is 122 cm³/mol. The van der Waals surface area contributed by atoms with E-state index in [-0.39, 0.29) is 6.04 Å². The summed E-state index contributed by atoms with van der Waals surface area (Å²) in [6.45, 7) is 0.438. The van der Waals surface area contributed by atoms with Crippen LogP contribution < -0.4 is 11.1 Å². The fourth-order valence-electron chi connectivity index (χ4n) is 3.48. The number of halogens is 3. The van der Waals surface area contributed by atoms with Gasteiger partial charge < -0.3 is 11.1 Å². The predicted octanol–water partition coefficient (Wildman–Crippen LogP) is 5.21.